The minimum atomic E-state index is -0.490. The van der Waals surface area contributed by atoms with Crippen LogP contribution >= 0.6 is 0 Å². The van der Waals surface area contributed by atoms with Gasteiger partial charge in [-0.2, -0.15) is 0 Å². The molecule has 0 radical (unpaired) electrons. The van der Waals surface area contributed by atoms with Crippen molar-refractivity contribution in [2.75, 3.05) is 19.0 Å². The highest BCUT2D eigenvalue weighted by molar-refractivity contribution is 6.07. The molecule has 154 valence electrons. The minimum absolute atomic E-state index is 0.300. The normalized spacial score (nSPS) is 11.4. The molecule has 5 heteroatoms. The number of hydrogen-bond donors (Lipinski definition) is 2. The zero-order valence-electron chi connectivity index (χ0n) is 17.5. The smallest absolute Gasteiger partial charge is 0.339 e. The number of amides is 1. The molecular weight excluding hydrogens is 376 g/mol. The zero-order valence-corrected chi connectivity index (χ0v) is 17.5. The van der Waals surface area contributed by atoms with E-state index in [4.69, 9.17) is 4.74 Å². The number of ether oxygens (including phenoxy) is 1. The monoisotopic (exact) mass is 402 g/mol. The molecular formula is C25H26N2O3. The van der Waals surface area contributed by atoms with Gasteiger partial charge in [0.25, 0.3) is 0 Å². The van der Waals surface area contributed by atoms with Crippen molar-refractivity contribution in [3.05, 3.63) is 83.4 Å². The first kappa shape index (κ1) is 21.3. The summed E-state index contributed by atoms with van der Waals surface area (Å²) in [4.78, 5) is 24.8. The van der Waals surface area contributed by atoms with Gasteiger partial charge in [0.2, 0.25) is 5.91 Å². The second-order valence-electron chi connectivity index (χ2n) is 7.03. The van der Waals surface area contributed by atoms with E-state index in [9.17, 15) is 9.59 Å². The Morgan fingerprint density at radius 2 is 1.77 bits per heavy atom. The molecule has 0 aliphatic carbocycles. The van der Waals surface area contributed by atoms with Gasteiger partial charge in [-0.1, -0.05) is 49.4 Å². The Kier molecular flexibility index (Phi) is 6.99. The van der Waals surface area contributed by atoms with Crippen LogP contribution in [0.3, 0.4) is 0 Å². The molecule has 0 fully saturated rings. The first-order valence-electron chi connectivity index (χ1n) is 9.92. The lowest BCUT2D eigenvalue weighted by Gasteiger charge is -2.12. The van der Waals surface area contributed by atoms with Crippen molar-refractivity contribution >= 4 is 33.9 Å². The third-order valence-corrected chi connectivity index (χ3v) is 4.88. The maximum atomic E-state index is 12.7. The van der Waals surface area contributed by atoms with E-state index in [1.165, 1.54) is 7.11 Å². The number of rotatable bonds is 7. The van der Waals surface area contributed by atoms with E-state index in [-0.39, 0.29) is 5.91 Å². The molecule has 5 nitrogen and oxygen atoms in total. The van der Waals surface area contributed by atoms with Crippen LogP contribution in [-0.2, 0) is 16.1 Å². The van der Waals surface area contributed by atoms with E-state index in [0.29, 0.717) is 17.8 Å². The van der Waals surface area contributed by atoms with E-state index in [0.717, 1.165) is 34.0 Å². The summed E-state index contributed by atoms with van der Waals surface area (Å²) in [5, 5.41) is 8.34. The molecule has 0 bridgehead atoms. The molecule has 0 saturated carbocycles. The zero-order chi connectivity index (χ0) is 21.5. The Morgan fingerprint density at radius 3 is 2.50 bits per heavy atom. The number of allylic oxidation sites excluding steroid dienone is 1. The molecule has 30 heavy (non-hydrogen) atoms. The van der Waals surface area contributed by atoms with Crippen LogP contribution in [0.15, 0.2) is 66.7 Å². The van der Waals surface area contributed by atoms with Crippen LogP contribution in [-0.4, -0.2) is 25.5 Å². The standard InChI is InChI=1S/C25H26N2O3/c1-4-26-16-18-9-12-22(25(29)30-3)23(14-18)27-24(28)13-17(2)20-11-10-19-7-5-6-8-21(19)15-20/h5-15,26H,4,16H2,1-3H3,(H,27,28)/b17-13-. The highest BCUT2D eigenvalue weighted by Crippen LogP contribution is 2.22. The van der Waals surface area contributed by atoms with E-state index in [1.54, 1.807) is 18.2 Å². The first-order chi connectivity index (χ1) is 14.5. The largest absolute Gasteiger partial charge is 0.465 e. The second kappa shape index (κ2) is 9.85. The summed E-state index contributed by atoms with van der Waals surface area (Å²) < 4.78 is 4.85. The molecule has 0 aliphatic heterocycles. The van der Waals surface area contributed by atoms with Crippen LogP contribution in [0.5, 0.6) is 0 Å². The number of fused-ring (bicyclic) bond motifs is 1. The first-order valence-corrected chi connectivity index (χ1v) is 9.92. The summed E-state index contributed by atoms with van der Waals surface area (Å²) in [6.07, 6.45) is 1.54. The van der Waals surface area contributed by atoms with Crippen LogP contribution < -0.4 is 10.6 Å². The van der Waals surface area contributed by atoms with Gasteiger partial charge >= 0.3 is 5.97 Å². The van der Waals surface area contributed by atoms with E-state index in [1.807, 2.05) is 50.2 Å². The van der Waals surface area contributed by atoms with Crippen LogP contribution in [0.4, 0.5) is 5.69 Å². The number of esters is 1. The number of carbonyl (C=O) groups is 2. The molecule has 2 N–H and O–H groups in total. The SMILES string of the molecule is CCNCc1ccc(C(=O)OC)c(NC(=O)/C=C(/C)c2ccc3ccccc3c2)c1. The van der Waals surface area contributed by atoms with Crippen molar-refractivity contribution in [1.82, 2.24) is 5.32 Å². The molecule has 0 aliphatic rings. The van der Waals surface area contributed by atoms with Gasteiger partial charge in [-0.3, -0.25) is 4.79 Å². The van der Waals surface area contributed by atoms with Gasteiger partial charge in [0.1, 0.15) is 0 Å². The van der Waals surface area contributed by atoms with Gasteiger partial charge in [-0.05, 0) is 59.1 Å². The number of anilines is 1. The molecule has 3 rings (SSSR count). The maximum absolute atomic E-state index is 12.7. The third-order valence-electron chi connectivity index (χ3n) is 4.88. The topological polar surface area (TPSA) is 67.4 Å². The van der Waals surface area contributed by atoms with E-state index in [2.05, 4.69) is 22.8 Å². The van der Waals surface area contributed by atoms with Gasteiger partial charge in [0.15, 0.2) is 0 Å². The summed E-state index contributed by atoms with van der Waals surface area (Å²) in [6, 6.07) is 19.5. The molecule has 3 aromatic rings. The van der Waals surface area contributed by atoms with Gasteiger partial charge in [-0.25, -0.2) is 4.79 Å². The summed E-state index contributed by atoms with van der Waals surface area (Å²) >= 11 is 0. The van der Waals surface area contributed by atoms with Crippen molar-refractivity contribution in [3.63, 3.8) is 0 Å². The molecule has 0 unspecified atom stereocenters. The van der Waals surface area contributed by atoms with Crippen molar-refractivity contribution in [3.8, 4) is 0 Å². The summed E-state index contributed by atoms with van der Waals surface area (Å²) in [5.74, 6) is -0.790. The molecule has 3 aromatic carbocycles. The fourth-order valence-electron chi connectivity index (χ4n) is 3.25. The molecule has 0 saturated heterocycles. The molecule has 1 amide bonds. The van der Waals surface area contributed by atoms with E-state index >= 15 is 0 Å². The van der Waals surface area contributed by atoms with E-state index < -0.39 is 5.97 Å². The Labute approximate surface area is 176 Å². The molecule has 0 spiro atoms. The number of nitrogens with one attached hydrogen (secondary N) is 2. The van der Waals surface area contributed by atoms with Crippen LogP contribution in [0.25, 0.3) is 16.3 Å². The predicted molar refractivity (Wildman–Crippen MR) is 121 cm³/mol. The third kappa shape index (κ3) is 5.13. The van der Waals surface area contributed by atoms with Crippen molar-refractivity contribution < 1.29 is 14.3 Å². The highest BCUT2D eigenvalue weighted by Gasteiger charge is 2.14. The minimum Gasteiger partial charge on any atom is -0.465 e. The summed E-state index contributed by atoms with van der Waals surface area (Å²) in [5.41, 5.74) is 3.53. The Balaban J connectivity index is 1.84. The molecule has 0 atom stereocenters. The molecule has 0 aromatic heterocycles. The average Bonchev–Trinajstić information content (AvgIpc) is 2.76. The highest BCUT2D eigenvalue weighted by atomic mass is 16.5. The quantitative estimate of drug-likeness (QED) is 0.441. The maximum Gasteiger partial charge on any atom is 0.339 e. The van der Waals surface area contributed by atoms with Crippen molar-refractivity contribution in [2.45, 2.75) is 20.4 Å². The van der Waals surface area contributed by atoms with Crippen molar-refractivity contribution in [1.29, 1.82) is 0 Å². The van der Waals surface area contributed by atoms with Crippen LogP contribution in [0, 0.1) is 0 Å². The Bertz CT molecular complexity index is 1100. The lowest BCUT2D eigenvalue weighted by Crippen LogP contribution is -2.16. The van der Waals surface area contributed by atoms with Gasteiger partial charge < -0.3 is 15.4 Å². The number of methoxy groups -OCH3 is 1. The Hall–Kier alpha value is -3.44. The number of carbonyl (C=O) groups excluding carboxylic acids is 2. The number of hydrogen-bond acceptors (Lipinski definition) is 4. The average molecular weight is 402 g/mol. The van der Waals surface area contributed by atoms with Crippen molar-refractivity contribution in [2.24, 2.45) is 0 Å². The van der Waals surface area contributed by atoms with Gasteiger partial charge in [-0.15, -0.1) is 0 Å². The van der Waals surface area contributed by atoms with Gasteiger partial charge in [0.05, 0.1) is 18.4 Å². The lowest BCUT2D eigenvalue weighted by atomic mass is 10.0. The number of benzene rings is 3. The van der Waals surface area contributed by atoms with Crippen LogP contribution in [0.1, 0.15) is 35.3 Å². The summed E-state index contributed by atoms with van der Waals surface area (Å²) in [6.45, 7) is 5.39. The summed E-state index contributed by atoms with van der Waals surface area (Å²) in [7, 11) is 1.32. The predicted octanol–water partition coefficient (Wildman–Crippen LogP) is 4.78. The second-order valence-corrected chi connectivity index (χ2v) is 7.03. The Morgan fingerprint density at radius 1 is 1.00 bits per heavy atom. The lowest BCUT2D eigenvalue weighted by molar-refractivity contribution is -0.111. The van der Waals surface area contributed by atoms with Gasteiger partial charge in [0, 0.05) is 12.6 Å². The fraction of sp³-hybridized carbons (Fsp3) is 0.200. The van der Waals surface area contributed by atoms with Crippen LogP contribution in [0.2, 0.25) is 0 Å². The molecule has 0 heterocycles. The fourth-order valence-corrected chi connectivity index (χ4v) is 3.25.